The number of anilines is 1. The number of aromatic nitrogens is 2. The van der Waals surface area contributed by atoms with Crippen LogP contribution in [-0.2, 0) is 0 Å². The van der Waals surface area contributed by atoms with Crippen molar-refractivity contribution in [2.45, 2.75) is 6.92 Å². The molecule has 0 aliphatic carbocycles. The smallest absolute Gasteiger partial charge is 0.292 e. The predicted molar refractivity (Wildman–Crippen MR) is 105 cm³/mol. The zero-order valence-corrected chi connectivity index (χ0v) is 15.5. The first kappa shape index (κ1) is 17.3. The number of likely N-dealkylation sites (N-methyl/N-ethyl adjacent to an activating group) is 1. The lowest BCUT2D eigenvalue weighted by Gasteiger charge is -2.34. The third kappa shape index (κ3) is 3.19. The van der Waals surface area contributed by atoms with Gasteiger partial charge in [0.05, 0.1) is 0 Å². The third-order valence-electron chi connectivity index (χ3n) is 5.02. The van der Waals surface area contributed by atoms with Crippen LogP contribution in [0.4, 0.5) is 6.01 Å². The fraction of sp³-hybridized carbons (Fsp3) is 0.316. The molecule has 0 bridgehead atoms. The Balaban J connectivity index is 1.74. The van der Waals surface area contributed by atoms with Crippen LogP contribution in [0, 0.1) is 17.7 Å². The second kappa shape index (κ2) is 6.55. The quantitative estimate of drug-likeness (QED) is 0.449. The Kier molecular flexibility index (Phi) is 4.19. The largest absolute Gasteiger partial charge is 0.424 e. The van der Waals surface area contributed by atoms with E-state index in [0.717, 1.165) is 42.9 Å². The van der Waals surface area contributed by atoms with Gasteiger partial charge in [0.15, 0.2) is 5.58 Å². The number of rotatable bonds is 1. The molecule has 2 aromatic heterocycles. The van der Waals surface area contributed by atoms with Crippen molar-refractivity contribution in [1.29, 1.82) is 10.8 Å². The van der Waals surface area contributed by atoms with Crippen LogP contribution in [-0.4, -0.2) is 58.5 Å². The van der Waals surface area contributed by atoms with Crippen LogP contribution < -0.4 is 11.2 Å². The minimum absolute atomic E-state index is 0.145. The maximum atomic E-state index is 8.63. The summed E-state index contributed by atoms with van der Waals surface area (Å²) in [7, 11) is 2.08. The number of nitrogen functional groups attached to an aromatic ring is 1. The first-order valence-electron chi connectivity index (χ1n) is 8.89. The molecule has 0 spiro atoms. The van der Waals surface area contributed by atoms with Crippen molar-refractivity contribution in [3.8, 4) is 11.1 Å². The number of piperazine rings is 1. The molecule has 8 heteroatoms. The van der Waals surface area contributed by atoms with Crippen molar-refractivity contribution in [1.82, 2.24) is 19.4 Å². The zero-order valence-electron chi connectivity index (χ0n) is 15.5. The summed E-state index contributed by atoms with van der Waals surface area (Å²) in [6.45, 7) is 5.30. The highest BCUT2D eigenvalue weighted by molar-refractivity contribution is 5.83. The Morgan fingerprint density at radius 2 is 1.89 bits per heavy atom. The molecule has 0 unspecified atom stereocenters. The van der Waals surface area contributed by atoms with E-state index in [1.165, 1.54) is 0 Å². The van der Waals surface area contributed by atoms with E-state index in [1.54, 1.807) is 4.57 Å². The second-order valence-electron chi connectivity index (χ2n) is 6.98. The van der Waals surface area contributed by atoms with Crippen LogP contribution in [0.2, 0.25) is 0 Å². The fourth-order valence-electron chi connectivity index (χ4n) is 3.35. The van der Waals surface area contributed by atoms with Gasteiger partial charge in [0.2, 0.25) is 5.96 Å². The minimum Gasteiger partial charge on any atom is -0.424 e. The van der Waals surface area contributed by atoms with Crippen molar-refractivity contribution in [2.75, 3.05) is 39.0 Å². The summed E-state index contributed by atoms with van der Waals surface area (Å²) in [6, 6.07) is 7.81. The van der Waals surface area contributed by atoms with Crippen LogP contribution >= 0.6 is 0 Å². The predicted octanol–water partition coefficient (Wildman–Crippen LogP) is 1.70. The summed E-state index contributed by atoms with van der Waals surface area (Å²) >= 11 is 0. The van der Waals surface area contributed by atoms with Gasteiger partial charge in [-0.2, -0.15) is 4.98 Å². The van der Waals surface area contributed by atoms with Crippen LogP contribution in [0.15, 0.2) is 34.9 Å². The average Bonchev–Trinajstić information content (AvgIpc) is 3.03. The molecular weight excluding hydrogens is 342 g/mol. The molecule has 8 nitrogen and oxygen atoms in total. The van der Waals surface area contributed by atoms with Crippen molar-refractivity contribution in [3.05, 3.63) is 41.5 Å². The number of nitrogens with zero attached hydrogens (tertiary/aromatic N) is 4. The van der Waals surface area contributed by atoms with Gasteiger partial charge in [-0.1, -0.05) is 6.07 Å². The first-order chi connectivity index (χ1) is 12.9. The van der Waals surface area contributed by atoms with Gasteiger partial charge >= 0.3 is 0 Å². The van der Waals surface area contributed by atoms with Crippen LogP contribution in [0.25, 0.3) is 22.2 Å². The topological polar surface area (TPSA) is 111 Å². The summed E-state index contributed by atoms with van der Waals surface area (Å²) in [5.41, 5.74) is 9.95. The van der Waals surface area contributed by atoms with Gasteiger partial charge < -0.3 is 20.0 Å². The number of oxazole rings is 1. The summed E-state index contributed by atoms with van der Waals surface area (Å²) in [6.07, 6.45) is 1.84. The van der Waals surface area contributed by atoms with Crippen LogP contribution in [0.1, 0.15) is 5.56 Å². The van der Waals surface area contributed by atoms with E-state index in [4.69, 9.17) is 21.0 Å². The van der Waals surface area contributed by atoms with E-state index in [9.17, 15) is 0 Å². The molecule has 4 N–H and O–H groups in total. The molecule has 4 rings (SSSR count). The lowest BCUT2D eigenvalue weighted by Crippen LogP contribution is -2.50. The number of nitrogens with one attached hydrogen (secondary N) is 2. The fourth-order valence-corrected chi connectivity index (χ4v) is 3.35. The molecule has 1 saturated heterocycles. The number of aryl methyl sites for hydroxylation is 1. The van der Waals surface area contributed by atoms with Crippen molar-refractivity contribution >= 4 is 23.1 Å². The molecule has 1 aliphatic rings. The highest BCUT2D eigenvalue weighted by Gasteiger charge is 2.19. The molecule has 3 aromatic rings. The lowest BCUT2D eigenvalue weighted by atomic mass is 10.1. The summed E-state index contributed by atoms with van der Waals surface area (Å²) in [5.74, 6) is 0.336. The van der Waals surface area contributed by atoms with E-state index in [2.05, 4.69) is 16.9 Å². The molecule has 0 radical (unpaired) electrons. The van der Waals surface area contributed by atoms with E-state index in [0.29, 0.717) is 22.5 Å². The minimum atomic E-state index is 0.145. The monoisotopic (exact) mass is 365 g/mol. The van der Waals surface area contributed by atoms with Gasteiger partial charge in [-0.15, -0.1) is 0 Å². The second-order valence-corrected chi connectivity index (χ2v) is 6.98. The third-order valence-corrected chi connectivity index (χ3v) is 5.02. The number of hydrogen-bond donors (Lipinski definition) is 3. The highest BCUT2D eigenvalue weighted by atomic mass is 16.4. The van der Waals surface area contributed by atoms with E-state index in [1.807, 2.05) is 42.3 Å². The molecule has 0 amide bonds. The molecule has 0 atom stereocenters. The standard InChI is InChI=1S/C19H23N7O/c1-12-9-14(13-3-4-15-16(10-13)27-18(21)23-15)11-26(17(12)20)19(22)25-7-5-24(2)6-8-25/h3-4,9-11,20,22H,5-8H2,1-2H3,(H2,21,23). The number of pyridine rings is 1. The summed E-state index contributed by atoms with van der Waals surface area (Å²) in [4.78, 5) is 8.39. The number of benzene rings is 1. The van der Waals surface area contributed by atoms with Crippen molar-refractivity contribution < 1.29 is 4.42 Å². The molecule has 140 valence electrons. The summed E-state index contributed by atoms with van der Waals surface area (Å²) < 4.78 is 7.08. The lowest BCUT2D eigenvalue weighted by molar-refractivity contribution is 0.211. The Morgan fingerprint density at radius 3 is 2.63 bits per heavy atom. The molecule has 0 saturated carbocycles. The van der Waals surface area contributed by atoms with Gasteiger partial charge in [-0.05, 0) is 48.9 Å². The Bertz CT molecular complexity index is 1070. The van der Waals surface area contributed by atoms with Crippen LogP contribution in [0.5, 0.6) is 0 Å². The van der Waals surface area contributed by atoms with Gasteiger partial charge in [-0.25, -0.2) is 0 Å². The van der Waals surface area contributed by atoms with Crippen LogP contribution in [0.3, 0.4) is 0 Å². The molecule has 1 fully saturated rings. The molecule has 27 heavy (non-hydrogen) atoms. The zero-order chi connectivity index (χ0) is 19.1. The Morgan fingerprint density at radius 1 is 1.15 bits per heavy atom. The maximum Gasteiger partial charge on any atom is 0.292 e. The molecule has 3 heterocycles. The summed E-state index contributed by atoms with van der Waals surface area (Å²) in [5, 5.41) is 17.0. The number of hydrogen-bond acceptors (Lipinski definition) is 6. The first-order valence-corrected chi connectivity index (χ1v) is 8.89. The van der Waals surface area contributed by atoms with E-state index < -0.39 is 0 Å². The van der Waals surface area contributed by atoms with Crippen molar-refractivity contribution in [3.63, 3.8) is 0 Å². The average molecular weight is 365 g/mol. The molecule has 1 aliphatic heterocycles. The van der Waals surface area contributed by atoms with Gasteiger partial charge in [0.1, 0.15) is 11.0 Å². The van der Waals surface area contributed by atoms with Gasteiger partial charge in [0.25, 0.3) is 6.01 Å². The maximum absolute atomic E-state index is 8.63. The van der Waals surface area contributed by atoms with E-state index in [-0.39, 0.29) is 6.01 Å². The number of nitrogens with two attached hydrogens (primary N) is 1. The number of fused-ring (bicyclic) bond motifs is 1. The molecular formula is C19H23N7O. The van der Waals surface area contributed by atoms with Gasteiger partial charge in [-0.3, -0.25) is 15.4 Å². The highest BCUT2D eigenvalue weighted by Crippen LogP contribution is 2.25. The normalized spacial score (nSPS) is 15.4. The SMILES string of the molecule is Cc1cc(-c2ccc3nc(N)oc3c2)cn(C(=N)N2CCN(C)CC2)c1=N. The Hall–Kier alpha value is -3.13. The van der Waals surface area contributed by atoms with Crippen molar-refractivity contribution in [2.24, 2.45) is 0 Å². The van der Waals surface area contributed by atoms with Gasteiger partial charge in [0, 0.05) is 32.4 Å². The Labute approximate surface area is 156 Å². The molecule has 1 aromatic carbocycles. The van der Waals surface area contributed by atoms with E-state index >= 15 is 0 Å².